The number of benzene rings is 1. The number of rotatable bonds is 7. The number of carbonyl (C=O) groups is 1. The van der Waals surface area contributed by atoms with Crippen molar-refractivity contribution in [2.24, 2.45) is 0 Å². The van der Waals surface area contributed by atoms with E-state index in [1.807, 2.05) is 0 Å². The highest BCUT2D eigenvalue weighted by atomic mass is 28.3. The van der Waals surface area contributed by atoms with Gasteiger partial charge in [0.05, 0.1) is 0 Å². The summed E-state index contributed by atoms with van der Waals surface area (Å²) < 4.78 is 6.30. The van der Waals surface area contributed by atoms with Crippen LogP contribution in [0, 0.1) is 0 Å². The Hall–Kier alpha value is -1.09. The molecule has 1 aromatic carbocycles. The van der Waals surface area contributed by atoms with Gasteiger partial charge in [0.2, 0.25) is 0 Å². The first kappa shape index (κ1) is 19.0. The van der Waals surface area contributed by atoms with Crippen LogP contribution in [0.3, 0.4) is 0 Å². The normalized spacial score (nSPS) is 11.8. The molecule has 2 nitrogen and oxygen atoms in total. The van der Waals surface area contributed by atoms with E-state index in [9.17, 15) is 4.79 Å². The maximum atomic E-state index is 11.7. The van der Waals surface area contributed by atoms with Gasteiger partial charge in [-0.25, -0.2) is 0 Å². The average molecular weight is 320 g/mol. The Balaban J connectivity index is 3.70. The molecule has 0 unspecified atom stereocenters. The third kappa shape index (κ3) is 4.45. The van der Waals surface area contributed by atoms with Crippen LogP contribution in [0.15, 0.2) is 6.07 Å². The van der Waals surface area contributed by atoms with Gasteiger partial charge in [-0.15, -0.1) is 0 Å². The molecule has 0 amide bonds. The summed E-state index contributed by atoms with van der Waals surface area (Å²) in [6.45, 7) is 15.2. The number of carbonyl (C=O) groups excluding carboxylic acids is 1. The van der Waals surface area contributed by atoms with Crippen molar-refractivity contribution in [3.05, 3.63) is 28.3 Å². The van der Waals surface area contributed by atoms with Gasteiger partial charge in [-0.3, -0.25) is 4.79 Å². The molecular formula is C19H31O2Si. The van der Waals surface area contributed by atoms with Crippen LogP contribution in [0.25, 0.3) is 0 Å². The van der Waals surface area contributed by atoms with Crippen molar-refractivity contribution < 1.29 is 9.22 Å². The highest BCUT2D eigenvalue weighted by Gasteiger charge is 2.26. The van der Waals surface area contributed by atoms with Crippen LogP contribution < -0.4 is 4.43 Å². The SMILES string of the molecule is CCCc1cc(C=O)c(C(C)(C)C)c(CCC)c1O[Si](C)C. The summed E-state index contributed by atoms with van der Waals surface area (Å²) in [4.78, 5) is 11.7. The van der Waals surface area contributed by atoms with Gasteiger partial charge in [0, 0.05) is 5.56 Å². The van der Waals surface area contributed by atoms with Gasteiger partial charge >= 0.3 is 0 Å². The third-order valence-electron chi connectivity index (χ3n) is 3.69. The van der Waals surface area contributed by atoms with E-state index in [2.05, 4.69) is 53.8 Å². The second kappa shape index (κ2) is 7.96. The smallest absolute Gasteiger partial charge is 0.274 e. The van der Waals surface area contributed by atoms with Crippen LogP contribution in [0.1, 0.15) is 74.5 Å². The van der Waals surface area contributed by atoms with Crippen LogP contribution in [-0.2, 0) is 18.3 Å². The summed E-state index contributed by atoms with van der Waals surface area (Å²) in [5.41, 5.74) is 4.41. The second-order valence-corrected chi connectivity index (χ2v) is 9.21. The van der Waals surface area contributed by atoms with Gasteiger partial charge in [-0.05, 0) is 54.1 Å². The minimum absolute atomic E-state index is 0.0576. The zero-order chi connectivity index (χ0) is 16.9. The number of hydrogen-bond acceptors (Lipinski definition) is 2. The molecule has 0 aliphatic rings. The van der Waals surface area contributed by atoms with Crippen LogP contribution in [0.2, 0.25) is 13.1 Å². The van der Waals surface area contributed by atoms with Crippen molar-refractivity contribution in [1.82, 2.24) is 0 Å². The Bertz CT molecular complexity index is 513. The largest absolute Gasteiger partial charge is 0.542 e. The minimum Gasteiger partial charge on any atom is -0.542 e. The average Bonchev–Trinajstić information content (AvgIpc) is 2.40. The van der Waals surface area contributed by atoms with Crippen molar-refractivity contribution in [1.29, 1.82) is 0 Å². The monoisotopic (exact) mass is 319 g/mol. The first-order valence-electron chi connectivity index (χ1n) is 8.38. The Morgan fingerprint density at radius 3 is 2.14 bits per heavy atom. The molecule has 1 aromatic rings. The Kier molecular flexibility index (Phi) is 6.85. The molecule has 3 heteroatoms. The van der Waals surface area contributed by atoms with Gasteiger partial charge < -0.3 is 4.43 Å². The Morgan fingerprint density at radius 2 is 1.73 bits per heavy atom. The maximum absolute atomic E-state index is 11.7. The second-order valence-electron chi connectivity index (χ2n) is 7.19. The molecule has 0 heterocycles. The molecule has 0 spiro atoms. The van der Waals surface area contributed by atoms with E-state index in [-0.39, 0.29) is 5.41 Å². The molecule has 0 bridgehead atoms. The van der Waals surface area contributed by atoms with Crippen molar-refractivity contribution in [2.45, 2.75) is 78.8 Å². The first-order valence-corrected chi connectivity index (χ1v) is 10.8. The number of hydrogen-bond donors (Lipinski definition) is 0. The molecule has 0 N–H and O–H groups in total. The summed E-state index contributed by atoms with van der Waals surface area (Å²) in [6, 6.07) is 2.07. The molecule has 0 aromatic heterocycles. The summed E-state index contributed by atoms with van der Waals surface area (Å²) in [7, 11) is -0.836. The fourth-order valence-electron chi connectivity index (χ4n) is 3.06. The fraction of sp³-hybridized carbons (Fsp3) is 0.632. The molecule has 0 saturated heterocycles. The van der Waals surface area contributed by atoms with E-state index in [4.69, 9.17) is 4.43 Å². The van der Waals surface area contributed by atoms with Crippen molar-refractivity contribution in [3.8, 4) is 5.75 Å². The quantitative estimate of drug-likeness (QED) is 0.501. The predicted molar refractivity (Wildman–Crippen MR) is 96.6 cm³/mol. The topological polar surface area (TPSA) is 26.3 Å². The molecule has 0 saturated carbocycles. The number of aryl methyl sites for hydroxylation is 1. The summed E-state index contributed by atoms with van der Waals surface area (Å²) in [5.74, 6) is 1.07. The molecular weight excluding hydrogens is 288 g/mol. The summed E-state index contributed by atoms with van der Waals surface area (Å²) >= 11 is 0. The minimum atomic E-state index is -0.836. The van der Waals surface area contributed by atoms with Gasteiger partial charge in [-0.2, -0.15) is 0 Å². The first-order chi connectivity index (χ1) is 10.3. The molecule has 22 heavy (non-hydrogen) atoms. The highest BCUT2D eigenvalue weighted by molar-refractivity contribution is 6.49. The van der Waals surface area contributed by atoms with Gasteiger partial charge in [0.15, 0.2) is 0 Å². The lowest BCUT2D eigenvalue weighted by Crippen LogP contribution is -2.22. The van der Waals surface area contributed by atoms with Gasteiger partial charge in [0.1, 0.15) is 12.0 Å². The van der Waals surface area contributed by atoms with Crippen molar-refractivity contribution in [2.75, 3.05) is 0 Å². The summed E-state index contributed by atoms with van der Waals surface area (Å²) in [5, 5.41) is 0. The van der Waals surface area contributed by atoms with Gasteiger partial charge in [0.25, 0.3) is 9.04 Å². The molecule has 0 aliphatic heterocycles. The van der Waals surface area contributed by atoms with Gasteiger partial charge in [-0.1, -0.05) is 47.5 Å². The lowest BCUT2D eigenvalue weighted by Gasteiger charge is -2.29. The van der Waals surface area contributed by atoms with Crippen LogP contribution in [-0.4, -0.2) is 15.3 Å². The summed E-state index contributed by atoms with van der Waals surface area (Å²) in [6.07, 6.45) is 5.07. The molecule has 0 fully saturated rings. The van der Waals surface area contributed by atoms with E-state index in [0.717, 1.165) is 43.3 Å². The molecule has 123 valence electrons. The Labute approximate surface area is 138 Å². The van der Waals surface area contributed by atoms with Crippen molar-refractivity contribution in [3.63, 3.8) is 0 Å². The fourth-order valence-corrected chi connectivity index (χ4v) is 3.72. The predicted octanol–water partition coefficient (Wildman–Crippen LogP) is 5.33. The standard InChI is InChI=1S/C19H31O2Si/c1-8-10-14-12-15(13-20)17(19(3,4)5)16(11-9-2)18(14)21-22(6)7/h12-13H,8-11H2,1-7H3. The van der Waals surface area contributed by atoms with E-state index in [1.54, 1.807) is 0 Å². The zero-order valence-corrected chi connectivity index (χ0v) is 16.3. The van der Waals surface area contributed by atoms with Crippen molar-refractivity contribution >= 4 is 15.3 Å². The third-order valence-corrected chi connectivity index (χ3v) is 4.30. The molecule has 1 radical (unpaired) electrons. The lowest BCUT2D eigenvalue weighted by atomic mass is 9.78. The van der Waals surface area contributed by atoms with E-state index in [1.165, 1.54) is 16.7 Å². The molecule has 1 rings (SSSR count). The van der Waals surface area contributed by atoms with Crippen LogP contribution in [0.4, 0.5) is 0 Å². The Morgan fingerprint density at radius 1 is 1.14 bits per heavy atom. The van der Waals surface area contributed by atoms with E-state index < -0.39 is 9.04 Å². The zero-order valence-electron chi connectivity index (χ0n) is 15.3. The number of aldehydes is 1. The maximum Gasteiger partial charge on any atom is 0.274 e. The molecule has 0 aliphatic carbocycles. The van der Waals surface area contributed by atoms with Crippen LogP contribution in [0.5, 0.6) is 5.75 Å². The lowest BCUT2D eigenvalue weighted by molar-refractivity contribution is 0.112. The molecule has 0 atom stereocenters. The highest BCUT2D eigenvalue weighted by Crippen LogP contribution is 2.38. The van der Waals surface area contributed by atoms with E-state index in [0.29, 0.717) is 0 Å². The van der Waals surface area contributed by atoms with Crippen LogP contribution >= 0.6 is 0 Å². The van der Waals surface area contributed by atoms with E-state index >= 15 is 0 Å².